The molecule has 0 aromatic heterocycles. The molecule has 0 saturated carbocycles. The lowest BCUT2D eigenvalue weighted by Crippen LogP contribution is -2.42. The third kappa shape index (κ3) is 3.77. The number of nitrogens with zero attached hydrogens (tertiary/aromatic N) is 2. The summed E-state index contributed by atoms with van der Waals surface area (Å²) in [5, 5.41) is 3.03. The molecule has 0 atom stereocenters. The summed E-state index contributed by atoms with van der Waals surface area (Å²) in [5.41, 5.74) is 3.48. The largest absolute Gasteiger partial charge is 0.365 e. The van der Waals surface area contributed by atoms with Crippen LogP contribution in [0, 0.1) is 11.6 Å². The number of carbonyl (C=O) groups is 1. The molecule has 0 unspecified atom stereocenters. The Hall–Kier alpha value is -2.93. The van der Waals surface area contributed by atoms with Gasteiger partial charge in [0.2, 0.25) is 0 Å². The van der Waals surface area contributed by atoms with Crippen LogP contribution < -0.4 is 10.2 Å². The number of rotatable bonds is 2. The number of nitrogens with one attached hydrogen (secondary N) is 1. The predicted molar refractivity (Wildman–Crippen MR) is 120 cm³/mol. The summed E-state index contributed by atoms with van der Waals surface area (Å²) in [6, 6.07) is 8.94. The molecule has 1 saturated heterocycles. The van der Waals surface area contributed by atoms with Crippen molar-refractivity contribution in [3.05, 3.63) is 70.1 Å². The number of amides is 1. The first kappa shape index (κ1) is 20.3. The third-order valence-corrected chi connectivity index (χ3v) is 6.24. The minimum Gasteiger partial charge on any atom is -0.365 e. The van der Waals surface area contributed by atoms with E-state index in [0.717, 1.165) is 28.6 Å². The Labute approximate surface area is 178 Å². The maximum atomic E-state index is 14.9. The molecule has 2 aromatic carbocycles. The first-order valence-electron chi connectivity index (χ1n) is 9.46. The van der Waals surface area contributed by atoms with Crippen molar-refractivity contribution in [1.29, 1.82) is 0 Å². The zero-order chi connectivity index (χ0) is 21.6. The molecule has 0 aliphatic carbocycles. The van der Waals surface area contributed by atoms with E-state index in [1.807, 2.05) is 18.9 Å². The van der Waals surface area contributed by atoms with Crippen molar-refractivity contribution in [3.63, 3.8) is 0 Å². The van der Waals surface area contributed by atoms with Gasteiger partial charge in [0.1, 0.15) is 11.6 Å². The lowest BCUT2D eigenvalue weighted by Gasteiger charge is -2.40. The van der Waals surface area contributed by atoms with E-state index in [-0.39, 0.29) is 17.3 Å². The minimum absolute atomic E-state index is 0.212. The number of halogens is 2. The Kier molecular flexibility index (Phi) is 5.02. The van der Waals surface area contributed by atoms with Crippen LogP contribution in [0.15, 0.2) is 52.4 Å². The number of hydrogen-bond acceptors (Lipinski definition) is 4. The van der Waals surface area contributed by atoms with E-state index in [0.29, 0.717) is 21.3 Å². The molecule has 0 spiro atoms. The summed E-state index contributed by atoms with van der Waals surface area (Å²) in [4.78, 5) is 19.0. The molecule has 1 fully saturated rings. The zero-order valence-electron chi connectivity index (χ0n) is 17.1. The standard InChI is InChI=1S/C23H21F2N3OS/c1-13-12-23(2,3)28(4)19-11-18(25)14(9-17(13)19)10-20-21(29)27-22(30-20)26-16-7-5-15(24)6-8-16/h5-12H,1-4H3,(H,26,27,29)/b20-10+. The average molecular weight is 426 g/mol. The summed E-state index contributed by atoms with van der Waals surface area (Å²) in [5.74, 6) is -1.09. The molecular formula is C23H21F2N3OS. The number of amidine groups is 1. The van der Waals surface area contributed by atoms with E-state index in [9.17, 15) is 13.6 Å². The maximum absolute atomic E-state index is 14.9. The number of allylic oxidation sites excluding steroid dienone is 1. The Bertz CT molecular complexity index is 1130. The molecule has 2 aliphatic heterocycles. The number of benzene rings is 2. The Morgan fingerprint density at radius 3 is 2.57 bits per heavy atom. The second kappa shape index (κ2) is 7.40. The fraction of sp³-hybridized carbons (Fsp3) is 0.217. The van der Waals surface area contributed by atoms with Gasteiger partial charge in [-0.25, -0.2) is 13.8 Å². The van der Waals surface area contributed by atoms with Crippen LogP contribution in [0.5, 0.6) is 0 Å². The van der Waals surface area contributed by atoms with Gasteiger partial charge in [-0.2, -0.15) is 0 Å². The van der Waals surface area contributed by atoms with Crippen LogP contribution >= 0.6 is 11.8 Å². The van der Waals surface area contributed by atoms with Gasteiger partial charge in [0, 0.05) is 23.9 Å². The lowest BCUT2D eigenvalue weighted by molar-refractivity contribution is -0.115. The molecule has 154 valence electrons. The van der Waals surface area contributed by atoms with Crippen LogP contribution in [0.3, 0.4) is 0 Å². The van der Waals surface area contributed by atoms with Crippen molar-refractivity contribution >= 4 is 45.9 Å². The Balaban J connectivity index is 1.66. The molecule has 2 aliphatic rings. The highest BCUT2D eigenvalue weighted by Gasteiger charge is 2.30. The molecular weight excluding hydrogens is 404 g/mol. The summed E-state index contributed by atoms with van der Waals surface area (Å²) in [7, 11) is 1.94. The number of anilines is 1. The first-order valence-corrected chi connectivity index (χ1v) is 10.3. The fourth-order valence-electron chi connectivity index (χ4n) is 3.55. The van der Waals surface area contributed by atoms with Gasteiger partial charge in [0.25, 0.3) is 5.91 Å². The quantitative estimate of drug-likeness (QED) is 0.648. The van der Waals surface area contributed by atoms with Crippen molar-refractivity contribution in [2.75, 3.05) is 11.9 Å². The van der Waals surface area contributed by atoms with E-state index < -0.39 is 5.82 Å². The van der Waals surface area contributed by atoms with Crippen molar-refractivity contribution in [3.8, 4) is 0 Å². The molecule has 4 nitrogen and oxygen atoms in total. The summed E-state index contributed by atoms with van der Waals surface area (Å²) in [6.07, 6.45) is 3.68. The zero-order valence-corrected chi connectivity index (χ0v) is 17.9. The SMILES string of the molecule is CC1=CC(C)(C)N(C)c2cc(F)c(/C=C3/SC(=Nc4ccc(F)cc4)NC3=O)cc21. The third-order valence-electron chi connectivity index (χ3n) is 5.33. The molecule has 7 heteroatoms. The normalized spacial score (nSPS) is 20.4. The van der Waals surface area contributed by atoms with Crippen LogP contribution in [0.4, 0.5) is 20.2 Å². The monoisotopic (exact) mass is 425 g/mol. The van der Waals surface area contributed by atoms with Crippen molar-refractivity contribution < 1.29 is 13.6 Å². The Morgan fingerprint density at radius 2 is 1.87 bits per heavy atom. The van der Waals surface area contributed by atoms with Gasteiger partial charge in [0.05, 0.1) is 16.1 Å². The van der Waals surface area contributed by atoms with Crippen molar-refractivity contribution in [1.82, 2.24) is 5.32 Å². The second-order valence-electron chi connectivity index (χ2n) is 7.89. The topological polar surface area (TPSA) is 44.7 Å². The highest BCUT2D eigenvalue weighted by atomic mass is 32.2. The fourth-order valence-corrected chi connectivity index (χ4v) is 4.39. The first-order chi connectivity index (χ1) is 14.1. The van der Waals surface area contributed by atoms with E-state index in [2.05, 4.69) is 30.2 Å². The summed E-state index contributed by atoms with van der Waals surface area (Å²) in [6.45, 7) is 6.16. The van der Waals surface area contributed by atoms with Gasteiger partial charge in [-0.1, -0.05) is 6.08 Å². The second-order valence-corrected chi connectivity index (χ2v) is 8.92. The van der Waals surface area contributed by atoms with Crippen LogP contribution in [-0.2, 0) is 4.79 Å². The van der Waals surface area contributed by atoms with E-state index >= 15 is 0 Å². The van der Waals surface area contributed by atoms with Gasteiger partial charge in [-0.05, 0) is 80.6 Å². The molecule has 4 rings (SSSR count). The van der Waals surface area contributed by atoms with Gasteiger partial charge in [0.15, 0.2) is 5.17 Å². The van der Waals surface area contributed by atoms with Gasteiger partial charge in [-0.3, -0.25) is 4.79 Å². The van der Waals surface area contributed by atoms with Gasteiger partial charge < -0.3 is 10.2 Å². The van der Waals surface area contributed by atoms with Crippen molar-refractivity contribution in [2.24, 2.45) is 4.99 Å². The number of likely N-dealkylation sites (N-methyl/N-ethyl adjacent to an activating group) is 1. The number of carbonyl (C=O) groups excluding carboxylic acids is 1. The molecule has 0 radical (unpaired) electrons. The number of fused-ring (bicyclic) bond motifs is 1. The summed E-state index contributed by atoms with van der Waals surface area (Å²) >= 11 is 1.12. The minimum atomic E-state index is -0.393. The summed E-state index contributed by atoms with van der Waals surface area (Å²) < 4.78 is 27.9. The number of hydrogen-bond donors (Lipinski definition) is 1. The molecule has 2 aromatic rings. The van der Waals surface area contributed by atoms with E-state index in [1.165, 1.54) is 36.4 Å². The Morgan fingerprint density at radius 1 is 1.17 bits per heavy atom. The predicted octanol–water partition coefficient (Wildman–Crippen LogP) is 5.49. The molecule has 1 amide bonds. The lowest BCUT2D eigenvalue weighted by atomic mass is 9.88. The van der Waals surface area contributed by atoms with Crippen LogP contribution in [0.2, 0.25) is 0 Å². The number of thioether (sulfide) groups is 1. The maximum Gasteiger partial charge on any atom is 0.264 e. The molecule has 30 heavy (non-hydrogen) atoms. The van der Waals surface area contributed by atoms with Crippen molar-refractivity contribution in [2.45, 2.75) is 26.3 Å². The van der Waals surface area contributed by atoms with Crippen LogP contribution in [0.1, 0.15) is 31.9 Å². The average Bonchev–Trinajstić information content (AvgIpc) is 3.01. The molecule has 0 bridgehead atoms. The van der Waals surface area contributed by atoms with Gasteiger partial charge >= 0.3 is 0 Å². The smallest absolute Gasteiger partial charge is 0.264 e. The van der Waals surface area contributed by atoms with Crippen LogP contribution in [-0.4, -0.2) is 23.7 Å². The highest BCUT2D eigenvalue weighted by molar-refractivity contribution is 8.18. The van der Waals surface area contributed by atoms with E-state index in [4.69, 9.17) is 0 Å². The molecule has 1 N–H and O–H groups in total. The van der Waals surface area contributed by atoms with Crippen LogP contribution in [0.25, 0.3) is 11.6 Å². The molecule has 2 heterocycles. The number of aliphatic imine (C=N–C) groups is 1. The van der Waals surface area contributed by atoms with E-state index in [1.54, 1.807) is 6.07 Å². The highest BCUT2D eigenvalue weighted by Crippen LogP contribution is 2.40. The van der Waals surface area contributed by atoms with Gasteiger partial charge in [-0.15, -0.1) is 0 Å².